The Bertz CT molecular complexity index is 524. The van der Waals surface area contributed by atoms with Gasteiger partial charge in [0, 0.05) is 5.56 Å². The number of aliphatic carboxylic acids is 1. The van der Waals surface area contributed by atoms with E-state index in [1.165, 1.54) is 0 Å². The van der Waals surface area contributed by atoms with Crippen molar-refractivity contribution >= 4 is 11.9 Å². The lowest BCUT2D eigenvalue weighted by molar-refractivity contribution is -0.165. The van der Waals surface area contributed by atoms with Crippen LogP contribution in [0.15, 0.2) is 18.2 Å². The first-order chi connectivity index (χ1) is 9.60. The highest BCUT2D eigenvalue weighted by atomic mass is 19.4. The molecule has 0 radical (unpaired) electrons. The van der Waals surface area contributed by atoms with Crippen molar-refractivity contribution in [2.24, 2.45) is 0 Å². The van der Waals surface area contributed by atoms with Crippen LogP contribution in [0.1, 0.15) is 5.56 Å². The summed E-state index contributed by atoms with van der Waals surface area (Å²) in [5.41, 5.74) is -0.708. The molecule has 0 heterocycles. The van der Waals surface area contributed by atoms with Gasteiger partial charge in [0.05, 0.1) is 6.42 Å². The molecular weight excluding hydrogens is 301 g/mol. The molecule has 0 bridgehead atoms. The predicted molar refractivity (Wildman–Crippen MR) is 60.3 cm³/mol. The van der Waals surface area contributed by atoms with Crippen LogP contribution in [0.2, 0.25) is 0 Å². The topological polar surface area (TPSA) is 57.6 Å². The molecule has 0 aliphatic heterocycles. The number of carbonyl (C=O) groups excluding carboxylic acids is 1. The average molecular weight is 311 g/mol. The smallest absolute Gasteiger partial charge is 0.406 e. The fourth-order valence-corrected chi connectivity index (χ4v) is 1.58. The van der Waals surface area contributed by atoms with E-state index in [9.17, 15) is 31.5 Å². The van der Waals surface area contributed by atoms with Crippen LogP contribution in [0.3, 0.4) is 0 Å². The lowest BCUT2D eigenvalue weighted by atomic mass is 10.1. The monoisotopic (exact) mass is 311 g/mol. The maximum atomic E-state index is 13.3. The summed E-state index contributed by atoms with van der Waals surface area (Å²) < 4.78 is 63.5. The molecule has 0 aliphatic rings. The zero-order chi connectivity index (χ0) is 16.2. The number of benzene rings is 1. The molecule has 21 heavy (non-hydrogen) atoms. The number of carboxylic acid groups (broad SMARTS) is 1. The van der Waals surface area contributed by atoms with Crippen molar-refractivity contribution in [1.29, 1.82) is 0 Å². The molecule has 1 aromatic rings. The Hall–Kier alpha value is -2.19. The minimum absolute atomic E-state index is 0.0196. The summed E-state index contributed by atoms with van der Waals surface area (Å²) in [6, 6.07) is 2.72. The molecule has 4 nitrogen and oxygen atoms in total. The van der Waals surface area contributed by atoms with Gasteiger partial charge in [-0.1, -0.05) is 6.07 Å². The highest BCUT2D eigenvalue weighted by Crippen LogP contribution is 2.18. The van der Waals surface area contributed by atoms with Crippen molar-refractivity contribution in [2.45, 2.75) is 12.6 Å². The maximum absolute atomic E-state index is 13.3. The predicted octanol–water partition coefficient (Wildman–Crippen LogP) is 1.98. The van der Waals surface area contributed by atoms with Crippen molar-refractivity contribution in [2.75, 3.05) is 13.1 Å². The number of carbonyl (C=O) groups is 2. The molecule has 1 N–H and O–H groups in total. The number of hydrogen-bond donors (Lipinski definition) is 1. The van der Waals surface area contributed by atoms with E-state index in [-0.39, 0.29) is 4.90 Å². The Balaban J connectivity index is 2.93. The molecule has 0 atom stereocenters. The first-order valence-electron chi connectivity index (χ1n) is 5.59. The number of hydrogen-bond acceptors (Lipinski definition) is 2. The lowest BCUT2D eigenvalue weighted by Gasteiger charge is -2.22. The van der Waals surface area contributed by atoms with Gasteiger partial charge in [-0.25, -0.2) is 8.78 Å². The average Bonchev–Trinajstić information content (AvgIpc) is 2.30. The van der Waals surface area contributed by atoms with E-state index in [2.05, 4.69) is 0 Å². The Morgan fingerprint density at radius 2 is 1.67 bits per heavy atom. The second-order valence-electron chi connectivity index (χ2n) is 4.14. The second-order valence-corrected chi connectivity index (χ2v) is 4.14. The fourth-order valence-electron chi connectivity index (χ4n) is 1.58. The third-order valence-electron chi connectivity index (χ3n) is 2.44. The number of carboxylic acids is 1. The molecule has 0 spiro atoms. The van der Waals surface area contributed by atoms with E-state index in [0.717, 1.165) is 18.2 Å². The number of amides is 1. The molecule has 0 fully saturated rings. The summed E-state index contributed by atoms with van der Waals surface area (Å²) in [5, 5.41) is 8.50. The summed E-state index contributed by atoms with van der Waals surface area (Å²) in [5.74, 6) is -5.18. The van der Waals surface area contributed by atoms with Gasteiger partial charge in [0.1, 0.15) is 24.7 Å². The number of alkyl halides is 3. The first-order valence-corrected chi connectivity index (χ1v) is 5.59. The van der Waals surface area contributed by atoms with E-state index in [0.29, 0.717) is 0 Å². The van der Waals surface area contributed by atoms with Crippen molar-refractivity contribution in [1.82, 2.24) is 4.90 Å². The van der Waals surface area contributed by atoms with Gasteiger partial charge in [-0.3, -0.25) is 9.59 Å². The van der Waals surface area contributed by atoms with Crippen molar-refractivity contribution < 1.29 is 36.6 Å². The van der Waals surface area contributed by atoms with Crippen LogP contribution in [0.25, 0.3) is 0 Å². The molecular formula is C12H10F5NO3. The highest BCUT2D eigenvalue weighted by molar-refractivity contribution is 5.83. The number of rotatable bonds is 5. The van der Waals surface area contributed by atoms with Gasteiger partial charge >= 0.3 is 12.1 Å². The summed E-state index contributed by atoms with van der Waals surface area (Å²) in [6.45, 7) is -3.03. The van der Waals surface area contributed by atoms with Crippen molar-refractivity contribution in [3.8, 4) is 0 Å². The maximum Gasteiger partial charge on any atom is 0.406 e. The Labute approximate surface area is 115 Å². The molecule has 116 valence electrons. The Morgan fingerprint density at radius 1 is 1.14 bits per heavy atom. The van der Waals surface area contributed by atoms with Gasteiger partial charge in [0.15, 0.2) is 0 Å². The largest absolute Gasteiger partial charge is 0.480 e. The molecule has 0 aliphatic carbocycles. The molecule has 0 unspecified atom stereocenters. The molecule has 1 rings (SSSR count). The van der Waals surface area contributed by atoms with Gasteiger partial charge in [0.2, 0.25) is 5.91 Å². The Morgan fingerprint density at radius 3 is 2.10 bits per heavy atom. The van der Waals surface area contributed by atoms with Crippen LogP contribution >= 0.6 is 0 Å². The summed E-state index contributed by atoms with van der Waals surface area (Å²) >= 11 is 0. The first kappa shape index (κ1) is 16.9. The lowest BCUT2D eigenvalue weighted by Crippen LogP contribution is -2.42. The summed E-state index contributed by atoms with van der Waals surface area (Å²) in [6.07, 6.45) is -5.82. The molecule has 1 amide bonds. The van der Waals surface area contributed by atoms with Gasteiger partial charge in [-0.05, 0) is 12.1 Å². The summed E-state index contributed by atoms with van der Waals surface area (Å²) in [7, 11) is 0. The van der Waals surface area contributed by atoms with Crippen LogP contribution in [-0.4, -0.2) is 41.1 Å². The van der Waals surface area contributed by atoms with Crippen LogP contribution < -0.4 is 0 Å². The van der Waals surface area contributed by atoms with Crippen molar-refractivity contribution in [3.05, 3.63) is 35.4 Å². The van der Waals surface area contributed by atoms with Crippen LogP contribution in [-0.2, 0) is 16.0 Å². The van der Waals surface area contributed by atoms with Gasteiger partial charge in [-0.15, -0.1) is 0 Å². The van der Waals surface area contributed by atoms with E-state index in [1.54, 1.807) is 0 Å². The quantitative estimate of drug-likeness (QED) is 0.846. The molecule has 0 saturated carbocycles. The molecule has 0 saturated heterocycles. The second kappa shape index (κ2) is 6.51. The zero-order valence-corrected chi connectivity index (χ0v) is 10.5. The van der Waals surface area contributed by atoms with Crippen LogP contribution in [0, 0.1) is 11.6 Å². The van der Waals surface area contributed by atoms with Crippen molar-refractivity contribution in [3.63, 3.8) is 0 Å². The minimum Gasteiger partial charge on any atom is -0.480 e. The van der Waals surface area contributed by atoms with E-state index in [1.807, 2.05) is 0 Å². The van der Waals surface area contributed by atoms with Crippen LogP contribution in [0.4, 0.5) is 22.0 Å². The van der Waals surface area contributed by atoms with Gasteiger partial charge in [-0.2, -0.15) is 13.2 Å². The zero-order valence-electron chi connectivity index (χ0n) is 10.5. The van der Waals surface area contributed by atoms with E-state index < -0.39 is 54.8 Å². The number of nitrogens with zero attached hydrogens (tertiary/aromatic N) is 1. The van der Waals surface area contributed by atoms with Crippen LogP contribution in [0.5, 0.6) is 0 Å². The van der Waals surface area contributed by atoms with E-state index in [4.69, 9.17) is 5.11 Å². The normalized spacial score (nSPS) is 11.3. The summed E-state index contributed by atoms with van der Waals surface area (Å²) in [4.78, 5) is 22.1. The molecule has 9 heteroatoms. The van der Waals surface area contributed by atoms with Gasteiger partial charge in [0.25, 0.3) is 0 Å². The third kappa shape index (κ3) is 5.36. The minimum atomic E-state index is -4.82. The molecule has 0 aromatic heterocycles. The van der Waals surface area contributed by atoms with Gasteiger partial charge < -0.3 is 10.0 Å². The number of halogens is 5. The fraction of sp³-hybridized carbons (Fsp3) is 0.333. The Kier molecular flexibility index (Phi) is 5.23. The third-order valence-corrected chi connectivity index (χ3v) is 2.44. The van der Waals surface area contributed by atoms with E-state index >= 15 is 0 Å². The standard InChI is InChI=1S/C12H10F5NO3/c13-8-2-1-3-9(14)7(8)4-10(19)18(5-11(20)21)6-12(15,16)17/h1-3H,4-6H2,(H,20,21). The highest BCUT2D eigenvalue weighted by Gasteiger charge is 2.34. The SMILES string of the molecule is O=C(O)CN(CC(F)(F)F)C(=O)Cc1c(F)cccc1F. The molecule has 1 aromatic carbocycles.